The lowest BCUT2D eigenvalue weighted by Crippen LogP contribution is -2.19. The van der Waals surface area contributed by atoms with Crippen LogP contribution in [0.25, 0.3) is 0 Å². The van der Waals surface area contributed by atoms with Gasteiger partial charge in [-0.1, -0.05) is 32.9 Å². The Labute approximate surface area is 132 Å². The van der Waals surface area contributed by atoms with Crippen LogP contribution in [-0.4, -0.2) is 24.4 Å². The van der Waals surface area contributed by atoms with Crippen LogP contribution in [0.2, 0.25) is 0 Å². The molecule has 0 fully saturated rings. The molecule has 1 N–H and O–H groups in total. The van der Waals surface area contributed by atoms with Crippen molar-refractivity contribution >= 4 is 17.7 Å². The minimum Gasteiger partial charge on any atom is -0.465 e. The average Bonchev–Trinajstić information content (AvgIpc) is 2.46. The van der Waals surface area contributed by atoms with Crippen molar-refractivity contribution in [2.75, 3.05) is 13.2 Å². The van der Waals surface area contributed by atoms with E-state index in [9.17, 15) is 4.79 Å². The van der Waals surface area contributed by atoms with Gasteiger partial charge in [-0.3, -0.25) is 4.79 Å². The van der Waals surface area contributed by atoms with Crippen molar-refractivity contribution in [2.24, 2.45) is 5.92 Å². The first-order chi connectivity index (χ1) is 10.1. The molecule has 4 heteroatoms. The summed E-state index contributed by atoms with van der Waals surface area (Å²) in [4.78, 5) is 12.9. The Balaban J connectivity index is 2.51. The van der Waals surface area contributed by atoms with Crippen molar-refractivity contribution in [2.45, 2.75) is 50.8 Å². The van der Waals surface area contributed by atoms with Gasteiger partial charge in [-0.25, -0.2) is 0 Å². The summed E-state index contributed by atoms with van der Waals surface area (Å²) in [6, 6.07) is 8.40. The fraction of sp³-hybridized carbons (Fsp3) is 0.588. The van der Waals surface area contributed by atoms with Crippen LogP contribution >= 0.6 is 11.8 Å². The summed E-state index contributed by atoms with van der Waals surface area (Å²) in [6.45, 7) is 10.6. The number of carbonyl (C=O) groups excluding carboxylic acids is 1. The number of benzene rings is 1. The highest BCUT2D eigenvalue weighted by Crippen LogP contribution is 2.26. The van der Waals surface area contributed by atoms with Crippen LogP contribution in [0.3, 0.4) is 0 Å². The molecule has 0 saturated heterocycles. The van der Waals surface area contributed by atoms with Crippen molar-refractivity contribution in [1.29, 1.82) is 0 Å². The van der Waals surface area contributed by atoms with Gasteiger partial charge in [0.15, 0.2) is 0 Å². The van der Waals surface area contributed by atoms with E-state index in [0.717, 1.165) is 24.4 Å². The van der Waals surface area contributed by atoms with Crippen molar-refractivity contribution in [3.8, 4) is 0 Å². The maximum Gasteiger partial charge on any atom is 0.319 e. The van der Waals surface area contributed by atoms with E-state index in [1.807, 2.05) is 13.8 Å². The second kappa shape index (κ2) is 9.85. The summed E-state index contributed by atoms with van der Waals surface area (Å²) in [5, 5.41) is 3.31. The first-order valence-corrected chi connectivity index (χ1v) is 8.57. The van der Waals surface area contributed by atoms with Crippen LogP contribution in [0.1, 0.15) is 39.7 Å². The number of esters is 1. The number of ether oxygens (including phenoxy) is 1. The Kier molecular flexibility index (Phi) is 8.47. The molecule has 1 unspecified atom stereocenters. The smallest absolute Gasteiger partial charge is 0.319 e. The third-order valence-corrected chi connectivity index (χ3v) is 4.36. The first kappa shape index (κ1) is 18.1. The maximum absolute atomic E-state index is 11.8. The molecule has 3 nitrogen and oxygen atoms in total. The zero-order chi connectivity index (χ0) is 15.7. The molecule has 0 amide bonds. The number of carbonyl (C=O) groups is 1. The van der Waals surface area contributed by atoms with Gasteiger partial charge in [0.25, 0.3) is 0 Å². The van der Waals surface area contributed by atoms with Crippen LogP contribution < -0.4 is 5.32 Å². The zero-order valence-corrected chi connectivity index (χ0v) is 14.3. The van der Waals surface area contributed by atoms with E-state index in [4.69, 9.17) is 4.74 Å². The summed E-state index contributed by atoms with van der Waals surface area (Å²) in [5.41, 5.74) is 1.27. The topological polar surface area (TPSA) is 38.3 Å². The second-order valence-corrected chi connectivity index (χ2v) is 6.71. The van der Waals surface area contributed by atoms with E-state index in [-0.39, 0.29) is 11.2 Å². The van der Waals surface area contributed by atoms with Crippen molar-refractivity contribution in [1.82, 2.24) is 5.32 Å². The van der Waals surface area contributed by atoms with Gasteiger partial charge >= 0.3 is 5.97 Å². The molecule has 0 saturated carbocycles. The molecule has 0 radical (unpaired) electrons. The monoisotopic (exact) mass is 309 g/mol. The van der Waals surface area contributed by atoms with Crippen LogP contribution in [0, 0.1) is 5.92 Å². The van der Waals surface area contributed by atoms with E-state index in [1.165, 1.54) is 5.56 Å². The normalized spacial score (nSPS) is 12.4. The molecule has 0 aliphatic carbocycles. The Hall–Kier alpha value is -1.00. The van der Waals surface area contributed by atoms with Crippen molar-refractivity contribution in [3.05, 3.63) is 29.8 Å². The molecule has 0 heterocycles. The van der Waals surface area contributed by atoms with Gasteiger partial charge < -0.3 is 10.1 Å². The first-order valence-electron chi connectivity index (χ1n) is 7.69. The molecule has 21 heavy (non-hydrogen) atoms. The van der Waals surface area contributed by atoms with Crippen LogP contribution in [-0.2, 0) is 16.1 Å². The van der Waals surface area contributed by atoms with E-state index in [2.05, 4.69) is 43.4 Å². The molecular formula is C17H27NO2S. The van der Waals surface area contributed by atoms with Gasteiger partial charge in [-0.15, -0.1) is 11.8 Å². The summed E-state index contributed by atoms with van der Waals surface area (Å²) < 4.78 is 5.10. The van der Waals surface area contributed by atoms with Gasteiger partial charge in [-0.2, -0.15) is 0 Å². The summed E-state index contributed by atoms with van der Waals surface area (Å²) in [6.07, 6.45) is 0.779. The van der Waals surface area contributed by atoms with Crippen LogP contribution in [0.5, 0.6) is 0 Å². The number of hydrogen-bond donors (Lipinski definition) is 1. The Morgan fingerprint density at radius 3 is 2.43 bits per heavy atom. The molecule has 0 spiro atoms. The van der Waals surface area contributed by atoms with Crippen LogP contribution in [0.15, 0.2) is 29.2 Å². The predicted molar refractivity (Wildman–Crippen MR) is 89.6 cm³/mol. The van der Waals surface area contributed by atoms with E-state index in [0.29, 0.717) is 12.5 Å². The minimum atomic E-state index is -0.118. The van der Waals surface area contributed by atoms with Gasteiger partial charge in [0.05, 0.1) is 6.61 Å². The third kappa shape index (κ3) is 7.00. The van der Waals surface area contributed by atoms with Gasteiger partial charge in [0.1, 0.15) is 5.25 Å². The number of nitrogens with one attached hydrogen (secondary N) is 1. The zero-order valence-electron chi connectivity index (χ0n) is 13.5. The van der Waals surface area contributed by atoms with E-state index >= 15 is 0 Å². The van der Waals surface area contributed by atoms with E-state index < -0.39 is 0 Å². The van der Waals surface area contributed by atoms with Crippen molar-refractivity contribution in [3.63, 3.8) is 0 Å². The summed E-state index contributed by atoms with van der Waals surface area (Å²) in [7, 11) is 0. The van der Waals surface area contributed by atoms with Crippen LogP contribution in [0.4, 0.5) is 0 Å². The number of hydrogen-bond acceptors (Lipinski definition) is 4. The molecule has 0 aliphatic rings. The lowest BCUT2D eigenvalue weighted by Gasteiger charge is -2.13. The molecule has 0 bridgehead atoms. The Morgan fingerprint density at radius 1 is 1.24 bits per heavy atom. The number of rotatable bonds is 9. The molecule has 1 atom stereocenters. The van der Waals surface area contributed by atoms with Gasteiger partial charge in [-0.05, 0) is 43.5 Å². The molecule has 0 aromatic heterocycles. The van der Waals surface area contributed by atoms with Crippen molar-refractivity contribution < 1.29 is 9.53 Å². The highest BCUT2D eigenvalue weighted by molar-refractivity contribution is 8.00. The maximum atomic E-state index is 11.8. The molecule has 1 aromatic carbocycles. The molecule has 1 aromatic rings. The highest BCUT2D eigenvalue weighted by Gasteiger charge is 2.18. The molecule has 118 valence electrons. The second-order valence-electron chi connectivity index (χ2n) is 5.44. The number of thioether (sulfide) groups is 1. The average molecular weight is 309 g/mol. The third-order valence-electron chi connectivity index (χ3n) is 3.00. The quantitative estimate of drug-likeness (QED) is 0.555. The molecular weight excluding hydrogens is 282 g/mol. The fourth-order valence-corrected chi connectivity index (χ4v) is 2.84. The fourth-order valence-electron chi connectivity index (χ4n) is 1.89. The Morgan fingerprint density at radius 2 is 1.90 bits per heavy atom. The Bertz CT molecular complexity index is 417. The summed E-state index contributed by atoms with van der Waals surface area (Å²) >= 11 is 1.58. The lowest BCUT2D eigenvalue weighted by atomic mass is 10.2. The largest absolute Gasteiger partial charge is 0.465 e. The SMILES string of the molecule is CCOC(=O)C(CC)Sc1ccc(CNCC(C)C)cc1. The van der Waals surface area contributed by atoms with E-state index in [1.54, 1.807) is 11.8 Å². The van der Waals surface area contributed by atoms with Gasteiger partial charge in [0, 0.05) is 11.4 Å². The molecule has 0 aliphatic heterocycles. The van der Waals surface area contributed by atoms with Gasteiger partial charge in [0.2, 0.25) is 0 Å². The lowest BCUT2D eigenvalue weighted by molar-refractivity contribution is -0.142. The standard InChI is InChI=1S/C17H27NO2S/c1-5-16(17(19)20-6-2)21-15-9-7-14(8-10-15)12-18-11-13(3)4/h7-10,13,16,18H,5-6,11-12H2,1-4H3. The summed E-state index contributed by atoms with van der Waals surface area (Å²) in [5.74, 6) is 0.544. The predicted octanol–water partition coefficient (Wildman–Crippen LogP) is 3.87. The minimum absolute atomic E-state index is 0.116. The highest BCUT2D eigenvalue weighted by atomic mass is 32.2. The molecule has 1 rings (SSSR count).